The fourth-order valence-electron chi connectivity index (χ4n) is 3.95. The van der Waals surface area contributed by atoms with E-state index in [2.05, 4.69) is 10.3 Å². The summed E-state index contributed by atoms with van der Waals surface area (Å²) in [7, 11) is -2.58. The van der Waals surface area contributed by atoms with Crippen molar-refractivity contribution in [2.45, 2.75) is 31.2 Å². The van der Waals surface area contributed by atoms with Crippen molar-refractivity contribution in [3.05, 3.63) is 59.5 Å². The molecule has 1 atom stereocenters. The highest BCUT2D eigenvalue weighted by molar-refractivity contribution is 7.89. The Kier molecular flexibility index (Phi) is 5.54. The van der Waals surface area contributed by atoms with Crippen molar-refractivity contribution in [3.63, 3.8) is 0 Å². The van der Waals surface area contributed by atoms with Gasteiger partial charge in [-0.05, 0) is 30.7 Å². The zero-order chi connectivity index (χ0) is 23.3. The first-order valence-electron chi connectivity index (χ1n) is 10.2. The maximum atomic E-state index is 13.9. The summed E-state index contributed by atoms with van der Waals surface area (Å²) < 4.78 is 56.2. The van der Waals surface area contributed by atoms with Gasteiger partial charge in [0.15, 0.2) is 0 Å². The molecule has 3 aromatic rings. The number of nitrogens with zero attached hydrogens (tertiary/aromatic N) is 3. The zero-order valence-electron chi connectivity index (χ0n) is 18.0. The van der Waals surface area contributed by atoms with E-state index < -0.39 is 34.3 Å². The molecule has 1 N–H and O–H groups in total. The van der Waals surface area contributed by atoms with Crippen LogP contribution in [0.4, 0.5) is 8.78 Å². The number of sulfonamides is 1. The van der Waals surface area contributed by atoms with E-state index in [1.54, 1.807) is 20.2 Å². The molecule has 170 valence electrons. The van der Waals surface area contributed by atoms with Gasteiger partial charge in [-0.25, -0.2) is 17.2 Å². The van der Waals surface area contributed by atoms with Crippen molar-refractivity contribution in [2.24, 2.45) is 13.0 Å². The first-order valence-corrected chi connectivity index (χ1v) is 11.6. The van der Waals surface area contributed by atoms with E-state index in [0.717, 1.165) is 20.8 Å². The molecule has 1 fully saturated rings. The molecule has 2 aromatic heterocycles. The van der Waals surface area contributed by atoms with E-state index in [1.165, 1.54) is 17.6 Å². The molecule has 0 unspecified atom stereocenters. The molecule has 0 bridgehead atoms. The molecule has 1 saturated heterocycles. The number of benzene rings is 1. The minimum Gasteiger partial charge on any atom is -0.347 e. The van der Waals surface area contributed by atoms with Gasteiger partial charge in [0.25, 0.3) is 11.8 Å². The lowest BCUT2D eigenvalue weighted by Crippen LogP contribution is -2.31. The number of fused-ring (bicyclic) bond motifs is 1. The summed E-state index contributed by atoms with van der Waals surface area (Å²) in [6, 6.07) is 10.6. The van der Waals surface area contributed by atoms with Crippen LogP contribution in [0.15, 0.2) is 47.5 Å². The Morgan fingerprint density at radius 1 is 1.28 bits per heavy atom. The van der Waals surface area contributed by atoms with Crippen LogP contribution in [0.2, 0.25) is 0 Å². The molecule has 0 radical (unpaired) electrons. The Labute approximate surface area is 185 Å². The Morgan fingerprint density at radius 2 is 2.03 bits per heavy atom. The van der Waals surface area contributed by atoms with Crippen molar-refractivity contribution >= 4 is 26.8 Å². The van der Waals surface area contributed by atoms with Crippen molar-refractivity contribution < 1.29 is 22.0 Å². The Bertz CT molecular complexity index is 1300. The highest BCUT2D eigenvalue weighted by atomic mass is 32.2. The Balaban J connectivity index is 1.58. The lowest BCUT2D eigenvalue weighted by Gasteiger charge is -2.16. The van der Waals surface area contributed by atoms with Crippen LogP contribution in [-0.2, 0) is 23.6 Å². The molecule has 7 nitrogen and oxygen atoms in total. The molecule has 1 aromatic carbocycles. The topological polar surface area (TPSA) is 84.3 Å². The molecule has 1 amide bonds. The van der Waals surface area contributed by atoms with Crippen LogP contribution >= 0.6 is 0 Å². The summed E-state index contributed by atoms with van der Waals surface area (Å²) in [4.78, 5) is 17.0. The van der Waals surface area contributed by atoms with Gasteiger partial charge in [-0.1, -0.05) is 25.1 Å². The van der Waals surface area contributed by atoms with Crippen molar-refractivity contribution in [2.75, 3.05) is 13.1 Å². The van der Waals surface area contributed by atoms with Crippen LogP contribution in [0, 0.1) is 12.8 Å². The number of alkyl halides is 2. The van der Waals surface area contributed by atoms with Gasteiger partial charge in [0.1, 0.15) is 10.6 Å². The highest BCUT2D eigenvalue weighted by Crippen LogP contribution is 2.36. The number of amides is 1. The SMILES string of the molecule is Cc1c(S(=O)(=O)N2C[C@H](C)C(F)(F)C2)cc(C(=O)NCc2cccc3ncccc23)n1C. The number of pyridine rings is 1. The second-order valence-electron chi connectivity index (χ2n) is 8.17. The number of aromatic nitrogens is 2. The summed E-state index contributed by atoms with van der Waals surface area (Å²) in [5.74, 6) is -4.61. The molecule has 1 aliphatic heterocycles. The molecule has 10 heteroatoms. The van der Waals surface area contributed by atoms with Crippen LogP contribution in [0.5, 0.6) is 0 Å². The van der Waals surface area contributed by atoms with E-state index in [9.17, 15) is 22.0 Å². The predicted octanol–water partition coefficient (Wildman–Crippen LogP) is 3.09. The average molecular weight is 463 g/mol. The maximum absolute atomic E-state index is 13.9. The van der Waals surface area contributed by atoms with Gasteiger partial charge in [-0.3, -0.25) is 9.78 Å². The van der Waals surface area contributed by atoms with Crippen molar-refractivity contribution in [1.82, 2.24) is 19.2 Å². The first-order chi connectivity index (χ1) is 15.0. The van der Waals surface area contributed by atoms with Gasteiger partial charge in [0.05, 0.1) is 12.1 Å². The summed E-state index contributed by atoms with van der Waals surface area (Å²) in [5, 5.41) is 3.72. The van der Waals surface area contributed by atoms with Gasteiger partial charge >= 0.3 is 0 Å². The number of halogens is 2. The van der Waals surface area contributed by atoms with E-state index in [1.807, 2.05) is 30.3 Å². The molecule has 3 heterocycles. The van der Waals surface area contributed by atoms with Crippen LogP contribution in [0.1, 0.15) is 28.7 Å². The van der Waals surface area contributed by atoms with Crippen molar-refractivity contribution in [3.8, 4) is 0 Å². The minimum atomic E-state index is -4.16. The summed E-state index contributed by atoms with van der Waals surface area (Å²) in [6.45, 7) is 1.98. The molecule has 0 aliphatic carbocycles. The van der Waals surface area contributed by atoms with Gasteiger partial charge in [0, 0.05) is 43.3 Å². The quantitative estimate of drug-likeness (QED) is 0.632. The predicted molar refractivity (Wildman–Crippen MR) is 116 cm³/mol. The molecule has 0 spiro atoms. The van der Waals surface area contributed by atoms with Gasteiger partial charge < -0.3 is 9.88 Å². The average Bonchev–Trinajstić information content (AvgIpc) is 3.22. The van der Waals surface area contributed by atoms with Gasteiger partial charge in [-0.2, -0.15) is 4.31 Å². The standard InChI is InChI=1S/C22H24F2N4O3S/c1-14-12-28(13-22(14,23)24)32(30,31)20-10-19(27(3)15(20)2)21(29)26-11-16-6-4-8-18-17(16)7-5-9-25-18/h4-10,14H,11-13H2,1-3H3,(H,26,29)/t14-/m0/s1. The summed E-state index contributed by atoms with van der Waals surface area (Å²) >= 11 is 0. The number of hydrogen-bond donors (Lipinski definition) is 1. The normalized spacial score (nSPS) is 18.8. The minimum absolute atomic E-state index is 0.135. The lowest BCUT2D eigenvalue weighted by atomic mass is 10.1. The molecule has 4 rings (SSSR count). The first kappa shape index (κ1) is 22.3. The monoisotopic (exact) mass is 462 g/mol. The summed E-state index contributed by atoms with van der Waals surface area (Å²) in [6.07, 6.45) is 1.69. The van der Waals surface area contributed by atoms with Crippen LogP contribution in [0.25, 0.3) is 10.9 Å². The third kappa shape index (κ3) is 3.77. The summed E-state index contributed by atoms with van der Waals surface area (Å²) in [5.41, 5.74) is 2.13. The second kappa shape index (κ2) is 7.93. The fraction of sp³-hybridized carbons (Fsp3) is 0.364. The second-order valence-corrected chi connectivity index (χ2v) is 10.1. The zero-order valence-corrected chi connectivity index (χ0v) is 18.8. The molecular weight excluding hydrogens is 438 g/mol. The number of nitrogens with one attached hydrogen (secondary N) is 1. The van der Waals surface area contributed by atoms with Crippen LogP contribution in [0.3, 0.4) is 0 Å². The number of carbonyl (C=O) groups is 1. The lowest BCUT2D eigenvalue weighted by molar-refractivity contribution is -0.0177. The van der Waals surface area contributed by atoms with Crippen molar-refractivity contribution in [1.29, 1.82) is 0 Å². The maximum Gasteiger partial charge on any atom is 0.268 e. The van der Waals surface area contributed by atoms with E-state index in [0.29, 0.717) is 5.69 Å². The molecule has 1 aliphatic rings. The number of hydrogen-bond acceptors (Lipinski definition) is 4. The van der Waals surface area contributed by atoms with Crippen LogP contribution < -0.4 is 5.32 Å². The number of rotatable bonds is 5. The van der Waals surface area contributed by atoms with E-state index in [-0.39, 0.29) is 23.7 Å². The molecule has 0 saturated carbocycles. The number of carbonyl (C=O) groups excluding carboxylic acids is 1. The van der Waals surface area contributed by atoms with E-state index in [4.69, 9.17) is 0 Å². The largest absolute Gasteiger partial charge is 0.347 e. The third-order valence-electron chi connectivity index (χ3n) is 6.10. The molecular formula is C22H24F2N4O3S. The Hall–Kier alpha value is -2.85. The van der Waals surface area contributed by atoms with Crippen LogP contribution in [-0.4, -0.2) is 47.2 Å². The highest BCUT2D eigenvalue weighted by Gasteiger charge is 2.50. The van der Waals surface area contributed by atoms with Gasteiger partial charge in [-0.15, -0.1) is 0 Å². The molecule has 32 heavy (non-hydrogen) atoms. The Morgan fingerprint density at radius 3 is 2.72 bits per heavy atom. The van der Waals surface area contributed by atoms with Gasteiger partial charge in [0.2, 0.25) is 10.0 Å². The smallest absolute Gasteiger partial charge is 0.268 e. The fourth-order valence-corrected chi connectivity index (χ4v) is 5.77. The van der Waals surface area contributed by atoms with E-state index >= 15 is 0 Å². The third-order valence-corrected chi connectivity index (χ3v) is 8.03.